The van der Waals surface area contributed by atoms with Gasteiger partial charge in [0.15, 0.2) is 0 Å². The average Bonchev–Trinajstić information content (AvgIpc) is 2.95. The Bertz CT molecular complexity index is 707. The number of aryl methyl sites for hydroxylation is 2. The standard InChI is InChI=1S/C13H15N5/c1-3-18-10(6-7-15-18)11-12(14)17-8-4-5-9(2)13(17)16-11/h4-8H,3,14H2,1-2H3. The molecule has 0 aliphatic rings. The summed E-state index contributed by atoms with van der Waals surface area (Å²) < 4.78 is 3.81. The molecule has 3 aromatic heterocycles. The van der Waals surface area contributed by atoms with E-state index in [1.165, 1.54) is 0 Å². The predicted octanol–water partition coefficient (Wildman–Crippen LogP) is 2.11. The van der Waals surface area contributed by atoms with E-state index < -0.39 is 0 Å². The second-order valence-electron chi connectivity index (χ2n) is 4.26. The molecule has 5 nitrogen and oxygen atoms in total. The normalized spacial score (nSPS) is 11.2. The Balaban J connectivity index is 2.31. The Labute approximate surface area is 105 Å². The van der Waals surface area contributed by atoms with Crippen molar-refractivity contribution in [3.05, 3.63) is 36.2 Å². The van der Waals surface area contributed by atoms with Crippen molar-refractivity contribution in [2.75, 3.05) is 5.73 Å². The van der Waals surface area contributed by atoms with Gasteiger partial charge in [0.1, 0.15) is 17.2 Å². The van der Waals surface area contributed by atoms with Crippen LogP contribution in [0.5, 0.6) is 0 Å². The van der Waals surface area contributed by atoms with Crippen molar-refractivity contribution in [1.29, 1.82) is 0 Å². The van der Waals surface area contributed by atoms with Crippen LogP contribution in [0.15, 0.2) is 30.6 Å². The quantitative estimate of drug-likeness (QED) is 0.747. The fraction of sp³-hybridized carbons (Fsp3) is 0.231. The Morgan fingerprint density at radius 1 is 1.33 bits per heavy atom. The molecule has 0 aliphatic heterocycles. The van der Waals surface area contributed by atoms with E-state index in [-0.39, 0.29) is 0 Å². The lowest BCUT2D eigenvalue weighted by Crippen LogP contribution is -2.01. The van der Waals surface area contributed by atoms with Gasteiger partial charge in [-0.15, -0.1) is 0 Å². The molecule has 3 aromatic rings. The highest BCUT2D eigenvalue weighted by atomic mass is 15.3. The van der Waals surface area contributed by atoms with Crippen LogP contribution in [0.1, 0.15) is 12.5 Å². The molecular weight excluding hydrogens is 226 g/mol. The molecule has 0 fully saturated rings. The summed E-state index contributed by atoms with van der Waals surface area (Å²) in [5.41, 5.74) is 9.94. The van der Waals surface area contributed by atoms with Crippen molar-refractivity contribution in [1.82, 2.24) is 19.2 Å². The van der Waals surface area contributed by atoms with E-state index in [0.717, 1.165) is 29.1 Å². The maximum absolute atomic E-state index is 6.18. The van der Waals surface area contributed by atoms with Crippen LogP contribution in [0.25, 0.3) is 17.0 Å². The van der Waals surface area contributed by atoms with E-state index >= 15 is 0 Å². The molecule has 0 atom stereocenters. The predicted molar refractivity (Wildman–Crippen MR) is 71.2 cm³/mol. The molecule has 0 aromatic carbocycles. The first-order valence-electron chi connectivity index (χ1n) is 5.97. The van der Waals surface area contributed by atoms with Crippen LogP contribution in [0.3, 0.4) is 0 Å². The molecule has 0 bridgehead atoms. The molecule has 0 aliphatic carbocycles. The fourth-order valence-corrected chi connectivity index (χ4v) is 2.20. The van der Waals surface area contributed by atoms with Gasteiger partial charge >= 0.3 is 0 Å². The lowest BCUT2D eigenvalue weighted by atomic mass is 10.3. The van der Waals surface area contributed by atoms with Gasteiger partial charge in [0.25, 0.3) is 0 Å². The van der Waals surface area contributed by atoms with Gasteiger partial charge in [-0.25, -0.2) is 4.98 Å². The monoisotopic (exact) mass is 241 g/mol. The topological polar surface area (TPSA) is 61.1 Å². The van der Waals surface area contributed by atoms with Crippen molar-refractivity contribution < 1.29 is 0 Å². The third-order valence-corrected chi connectivity index (χ3v) is 3.14. The second-order valence-corrected chi connectivity index (χ2v) is 4.26. The highest BCUT2D eigenvalue weighted by Gasteiger charge is 2.15. The number of fused-ring (bicyclic) bond motifs is 1. The molecule has 0 unspecified atom stereocenters. The molecule has 18 heavy (non-hydrogen) atoms. The van der Waals surface area contributed by atoms with E-state index in [2.05, 4.69) is 10.1 Å². The van der Waals surface area contributed by atoms with E-state index in [9.17, 15) is 0 Å². The number of anilines is 1. The molecule has 3 rings (SSSR count). The van der Waals surface area contributed by atoms with Gasteiger partial charge in [-0.3, -0.25) is 9.08 Å². The van der Waals surface area contributed by atoms with E-state index in [0.29, 0.717) is 5.82 Å². The number of imidazole rings is 1. The molecule has 0 amide bonds. The first kappa shape index (κ1) is 10.8. The summed E-state index contributed by atoms with van der Waals surface area (Å²) in [6.07, 6.45) is 3.70. The van der Waals surface area contributed by atoms with Gasteiger partial charge in [0.05, 0.1) is 5.69 Å². The number of nitrogens with two attached hydrogens (primary N) is 1. The van der Waals surface area contributed by atoms with Gasteiger partial charge in [0, 0.05) is 18.9 Å². The van der Waals surface area contributed by atoms with Crippen molar-refractivity contribution in [3.63, 3.8) is 0 Å². The number of hydrogen-bond donors (Lipinski definition) is 1. The van der Waals surface area contributed by atoms with Crippen LogP contribution in [0.4, 0.5) is 5.82 Å². The second kappa shape index (κ2) is 3.87. The smallest absolute Gasteiger partial charge is 0.142 e. The van der Waals surface area contributed by atoms with Gasteiger partial charge in [-0.1, -0.05) is 6.07 Å². The highest BCUT2D eigenvalue weighted by Crippen LogP contribution is 2.27. The molecule has 0 spiro atoms. The SMILES string of the molecule is CCn1nccc1-c1nc2c(C)cccn2c1N. The first-order valence-corrected chi connectivity index (χ1v) is 5.97. The zero-order chi connectivity index (χ0) is 12.7. The summed E-state index contributed by atoms with van der Waals surface area (Å²) in [6, 6.07) is 5.95. The first-order chi connectivity index (χ1) is 8.72. The van der Waals surface area contributed by atoms with Crippen LogP contribution >= 0.6 is 0 Å². The Morgan fingerprint density at radius 3 is 2.89 bits per heavy atom. The van der Waals surface area contributed by atoms with E-state index in [1.807, 2.05) is 47.3 Å². The fourth-order valence-electron chi connectivity index (χ4n) is 2.20. The lowest BCUT2D eigenvalue weighted by molar-refractivity contribution is 0.666. The lowest BCUT2D eigenvalue weighted by Gasteiger charge is -2.02. The summed E-state index contributed by atoms with van der Waals surface area (Å²) in [5.74, 6) is 0.656. The summed E-state index contributed by atoms with van der Waals surface area (Å²) in [5, 5.41) is 4.26. The molecule has 3 heterocycles. The van der Waals surface area contributed by atoms with Crippen LogP contribution in [0.2, 0.25) is 0 Å². The van der Waals surface area contributed by atoms with Crippen molar-refractivity contribution in [2.24, 2.45) is 0 Å². The van der Waals surface area contributed by atoms with Gasteiger partial charge in [0.2, 0.25) is 0 Å². The summed E-state index contributed by atoms with van der Waals surface area (Å²) in [6.45, 7) is 4.88. The molecule has 0 saturated heterocycles. The third-order valence-electron chi connectivity index (χ3n) is 3.14. The largest absolute Gasteiger partial charge is 0.383 e. The summed E-state index contributed by atoms with van der Waals surface area (Å²) in [7, 11) is 0. The maximum atomic E-state index is 6.18. The van der Waals surface area contributed by atoms with E-state index in [4.69, 9.17) is 5.73 Å². The Hall–Kier alpha value is -2.30. The molecular formula is C13H15N5. The summed E-state index contributed by atoms with van der Waals surface area (Å²) in [4.78, 5) is 4.64. The highest BCUT2D eigenvalue weighted by molar-refractivity contribution is 5.73. The number of nitrogen functional groups attached to an aromatic ring is 1. The molecule has 2 N–H and O–H groups in total. The van der Waals surface area contributed by atoms with Crippen molar-refractivity contribution in [3.8, 4) is 11.4 Å². The van der Waals surface area contributed by atoms with Crippen LogP contribution in [-0.2, 0) is 6.54 Å². The maximum Gasteiger partial charge on any atom is 0.142 e. The minimum Gasteiger partial charge on any atom is -0.383 e. The minimum atomic E-state index is 0.656. The number of rotatable bonds is 2. The van der Waals surface area contributed by atoms with Gasteiger partial charge in [-0.05, 0) is 31.5 Å². The van der Waals surface area contributed by atoms with Gasteiger partial charge < -0.3 is 5.73 Å². The number of nitrogens with zero attached hydrogens (tertiary/aromatic N) is 4. The zero-order valence-corrected chi connectivity index (χ0v) is 10.5. The van der Waals surface area contributed by atoms with E-state index in [1.54, 1.807) is 6.20 Å². The summed E-state index contributed by atoms with van der Waals surface area (Å²) >= 11 is 0. The van der Waals surface area contributed by atoms with Gasteiger partial charge in [-0.2, -0.15) is 5.10 Å². The number of hydrogen-bond acceptors (Lipinski definition) is 3. The minimum absolute atomic E-state index is 0.656. The Morgan fingerprint density at radius 2 is 2.17 bits per heavy atom. The Kier molecular flexibility index (Phi) is 2.33. The molecule has 0 radical (unpaired) electrons. The molecule has 0 saturated carbocycles. The zero-order valence-electron chi connectivity index (χ0n) is 10.5. The molecule has 5 heteroatoms. The average molecular weight is 241 g/mol. The van der Waals surface area contributed by atoms with Crippen LogP contribution in [-0.4, -0.2) is 19.2 Å². The van der Waals surface area contributed by atoms with Crippen molar-refractivity contribution >= 4 is 11.5 Å². The van der Waals surface area contributed by atoms with Crippen LogP contribution < -0.4 is 5.73 Å². The molecule has 92 valence electrons. The number of pyridine rings is 1. The number of aromatic nitrogens is 4. The van der Waals surface area contributed by atoms with Crippen LogP contribution in [0, 0.1) is 6.92 Å². The third kappa shape index (κ3) is 1.40. The van der Waals surface area contributed by atoms with Crippen molar-refractivity contribution in [2.45, 2.75) is 20.4 Å².